The predicted molar refractivity (Wildman–Crippen MR) is 44.9 cm³/mol. The Hall–Kier alpha value is -0.680. The second-order valence-corrected chi connectivity index (χ2v) is 5.05. The SMILES string of the molecule is CC(O)(Cn1ccnc1)P(=O)(O)O. The van der Waals surface area contributed by atoms with Crippen molar-refractivity contribution in [2.24, 2.45) is 0 Å². The van der Waals surface area contributed by atoms with Gasteiger partial charge in [0.05, 0.1) is 12.9 Å². The second kappa shape index (κ2) is 3.23. The predicted octanol–water partition coefficient (Wildman–Crippen LogP) is -0.231. The molecular weight excluding hydrogens is 195 g/mol. The molecule has 0 spiro atoms. The van der Waals surface area contributed by atoms with E-state index in [0.717, 1.165) is 6.92 Å². The summed E-state index contributed by atoms with van der Waals surface area (Å²) in [6.45, 7) is 0.908. The number of aliphatic hydroxyl groups is 1. The van der Waals surface area contributed by atoms with E-state index in [2.05, 4.69) is 4.98 Å². The van der Waals surface area contributed by atoms with Crippen LogP contribution in [0.5, 0.6) is 0 Å². The molecule has 0 saturated heterocycles. The molecule has 0 fully saturated rings. The van der Waals surface area contributed by atoms with Gasteiger partial charge in [-0.2, -0.15) is 0 Å². The topological polar surface area (TPSA) is 95.6 Å². The number of hydrogen-bond donors (Lipinski definition) is 3. The van der Waals surface area contributed by atoms with Gasteiger partial charge in [0.15, 0.2) is 5.34 Å². The van der Waals surface area contributed by atoms with Gasteiger partial charge in [-0.05, 0) is 6.92 Å². The monoisotopic (exact) mass is 206 g/mol. The summed E-state index contributed by atoms with van der Waals surface area (Å²) in [5.41, 5.74) is 0. The second-order valence-electron chi connectivity index (χ2n) is 3.00. The minimum absolute atomic E-state index is 0.183. The highest BCUT2D eigenvalue weighted by molar-refractivity contribution is 7.53. The van der Waals surface area contributed by atoms with Gasteiger partial charge < -0.3 is 19.5 Å². The highest BCUT2D eigenvalue weighted by atomic mass is 31.2. The normalized spacial score (nSPS) is 16.9. The van der Waals surface area contributed by atoms with E-state index in [9.17, 15) is 9.67 Å². The molecule has 1 aromatic heterocycles. The third kappa shape index (κ3) is 2.38. The van der Waals surface area contributed by atoms with E-state index in [-0.39, 0.29) is 6.54 Å². The molecular formula is C6H11N2O4P. The summed E-state index contributed by atoms with van der Waals surface area (Å²) in [5.74, 6) is 0. The third-order valence-corrected chi connectivity index (χ3v) is 3.07. The van der Waals surface area contributed by atoms with Crippen LogP contribution >= 0.6 is 7.60 Å². The van der Waals surface area contributed by atoms with E-state index < -0.39 is 12.9 Å². The molecule has 3 N–H and O–H groups in total. The maximum atomic E-state index is 10.8. The molecule has 1 aromatic rings. The van der Waals surface area contributed by atoms with Gasteiger partial charge in [0.2, 0.25) is 0 Å². The Morgan fingerprint density at radius 3 is 2.62 bits per heavy atom. The number of aromatic nitrogens is 2. The molecule has 6 nitrogen and oxygen atoms in total. The van der Waals surface area contributed by atoms with Gasteiger partial charge >= 0.3 is 7.60 Å². The Morgan fingerprint density at radius 1 is 1.62 bits per heavy atom. The lowest BCUT2D eigenvalue weighted by Crippen LogP contribution is -2.29. The van der Waals surface area contributed by atoms with E-state index in [1.165, 1.54) is 23.3 Å². The van der Waals surface area contributed by atoms with Crippen LogP contribution in [0.2, 0.25) is 0 Å². The zero-order valence-corrected chi connectivity index (χ0v) is 7.93. The van der Waals surface area contributed by atoms with Gasteiger partial charge in [0.25, 0.3) is 0 Å². The third-order valence-electron chi connectivity index (χ3n) is 1.67. The van der Waals surface area contributed by atoms with Gasteiger partial charge in [0, 0.05) is 12.4 Å². The summed E-state index contributed by atoms with van der Waals surface area (Å²) in [6.07, 6.45) is 4.37. The highest BCUT2D eigenvalue weighted by Crippen LogP contribution is 2.49. The molecule has 0 bridgehead atoms. The number of imidazole rings is 1. The van der Waals surface area contributed by atoms with Crippen LogP contribution in [0.25, 0.3) is 0 Å². The molecule has 0 aromatic carbocycles. The van der Waals surface area contributed by atoms with E-state index in [0.29, 0.717) is 0 Å². The fraction of sp³-hybridized carbons (Fsp3) is 0.500. The minimum Gasteiger partial charge on any atom is -0.376 e. The van der Waals surface area contributed by atoms with Crippen molar-refractivity contribution < 1.29 is 19.5 Å². The van der Waals surface area contributed by atoms with Crippen molar-refractivity contribution in [2.45, 2.75) is 18.8 Å². The zero-order valence-electron chi connectivity index (χ0n) is 7.03. The smallest absolute Gasteiger partial charge is 0.358 e. The molecule has 13 heavy (non-hydrogen) atoms. The highest BCUT2D eigenvalue weighted by Gasteiger charge is 2.40. The standard InChI is InChI=1S/C6H11N2O4P/c1-6(9,13(10,11)12)4-8-3-2-7-5-8/h2-3,5,9H,4H2,1H3,(H2,10,11,12). The first kappa shape index (κ1) is 10.4. The van der Waals surface area contributed by atoms with Crippen molar-refractivity contribution in [3.8, 4) is 0 Å². The Labute approximate surface area is 75.0 Å². The lowest BCUT2D eigenvalue weighted by Gasteiger charge is -2.24. The Balaban J connectivity index is 2.80. The maximum absolute atomic E-state index is 10.8. The Morgan fingerprint density at radius 2 is 2.23 bits per heavy atom. The maximum Gasteiger partial charge on any atom is 0.358 e. The van der Waals surface area contributed by atoms with Crippen LogP contribution < -0.4 is 0 Å². The van der Waals surface area contributed by atoms with Gasteiger partial charge in [-0.15, -0.1) is 0 Å². The van der Waals surface area contributed by atoms with Gasteiger partial charge in [0.1, 0.15) is 0 Å². The summed E-state index contributed by atoms with van der Waals surface area (Å²) in [4.78, 5) is 21.2. The first-order valence-electron chi connectivity index (χ1n) is 3.57. The van der Waals surface area contributed by atoms with Crippen LogP contribution in [-0.2, 0) is 11.1 Å². The molecule has 0 radical (unpaired) electrons. The van der Waals surface area contributed by atoms with Gasteiger partial charge in [-0.25, -0.2) is 4.98 Å². The van der Waals surface area contributed by atoms with Crippen LogP contribution in [0.1, 0.15) is 6.92 Å². The van der Waals surface area contributed by atoms with Crippen LogP contribution in [0.4, 0.5) is 0 Å². The molecule has 0 aliphatic carbocycles. The van der Waals surface area contributed by atoms with E-state index >= 15 is 0 Å². The summed E-state index contributed by atoms with van der Waals surface area (Å²) in [6, 6.07) is 0. The van der Waals surface area contributed by atoms with Crippen molar-refractivity contribution in [2.75, 3.05) is 0 Å². The van der Waals surface area contributed by atoms with Crippen molar-refractivity contribution in [1.29, 1.82) is 0 Å². The average molecular weight is 206 g/mol. The fourth-order valence-corrected chi connectivity index (χ4v) is 1.17. The van der Waals surface area contributed by atoms with Crippen molar-refractivity contribution >= 4 is 7.60 Å². The van der Waals surface area contributed by atoms with Gasteiger partial charge in [-0.1, -0.05) is 0 Å². The summed E-state index contributed by atoms with van der Waals surface area (Å²) < 4.78 is 12.2. The Kier molecular flexibility index (Phi) is 2.58. The Bertz CT molecular complexity index is 315. The molecule has 1 unspecified atom stereocenters. The van der Waals surface area contributed by atoms with Crippen molar-refractivity contribution in [3.63, 3.8) is 0 Å². The van der Waals surface area contributed by atoms with Crippen LogP contribution in [0, 0.1) is 0 Å². The lowest BCUT2D eigenvalue weighted by molar-refractivity contribution is 0.0912. The first-order valence-corrected chi connectivity index (χ1v) is 5.18. The van der Waals surface area contributed by atoms with Crippen molar-refractivity contribution in [3.05, 3.63) is 18.7 Å². The molecule has 1 atom stereocenters. The fourth-order valence-electron chi connectivity index (χ4n) is 0.818. The quantitative estimate of drug-likeness (QED) is 0.593. The number of nitrogens with zero attached hydrogens (tertiary/aromatic N) is 2. The van der Waals surface area contributed by atoms with Crippen LogP contribution in [0.3, 0.4) is 0 Å². The van der Waals surface area contributed by atoms with Crippen molar-refractivity contribution in [1.82, 2.24) is 9.55 Å². The summed E-state index contributed by atoms with van der Waals surface area (Å²) in [5, 5.41) is 7.36. The molecule has 74 valence electrons. The van der Waals surface area contributed by atoms with Crippen LogP contribution in [0.15, 0.2) is 18.7 Å². The molecule has 1 rings (SSSR count). The molecule has 0 aliphatic rings. The number of hydrogen-bond acceptors (Lipinski definition) is 3. The lowest BCUT2D eigenvalue weighted by atomic mass is 10.4. The largest absolute Gasteiger partial charge is 0.376 e. The van der Waals surface area contributed by atoms with E-state index in [1.54, 1.807) is 0 Å². The first-order chi connectivity index (χ1) is 5.83. The molecule has 7 heteroatoms. The zero-order chi connectivity index (χ0) is 10.1. The molecule has 1 heterocycles. The van der Waals surface area contributed by atoms with Crippen LogP contribution in [-0.4, -0.2) is 29.8 Å². The average Bonchev–Trinajstić information content (AvgIpc) is 2.35. The van der Waals surface area contributed by atoms with E-state index in [4.69, 9.17) is 9.79 Å². The number of rotatable bonds is 3. The van der Waals surface area contributed by atoms with E-state index in [1.807, 2.05) is 0 Å². The summed E-state index contributed by atoms with van der Waals surface area (Å²) >= 11 is 0. The molecule has 0 aliphatic heterocycles. The molecule has 0 amide bonds. The molecule has 0 saturated carbocycles. The minimum atomic E-state index is -4.50. The van der Waals surface area contributed by atoms with Gasteiger partial charge in [-0.3, -0.25) is 4.57 Å². The summed E-state index contributed by atoms with van der Waals surface area (Å²) in [7, 11) is -4.50.